The van der Waals surface area contributed by atoms with Crippen molar-refractivity contribution in [1.82, 2.24) is 5.32 Å². The van der Waals surface area contributed by atoms with Gasteiger partial charge in [-0.05, 0) is 25.0 Å². The van der Waals surface area contributed by atoms with E-state index >= 15 is 0 Å². The number of hydrogen-bond donors (Lipinski definition) is 1. The lowest BCUT2D eigenvalue weighted by molar-refractivity contribution is -0.136. The zero-order chi connectivity index (χ0) is 14.2. The molecule has 1 aliphatic heterocycles. The number of Topliss-reactive ketones (excluding diaryl/α,β-unsaturated/α-hetero) is 1. The zero-order valence-electron chi connectivity index (χ0n) is 11.6. The van der Waals surface area contributed by atoms with Crippen LogP contribution in [0.3, 0.4) is 0 Å². The summed E-state index contributed by atoms with van der Waals surface area (Å²) in [6, 6.07) is 7.22. The molecule has 4 heteroatoms. The van der Waals surface area contributed by atoms with Crippen LogP contribution < -0.4 is 10.1 Å². The van der Waals surface area contributed by atoms with Crippen LogP contribution in [-0.2, 0) is 4.79 Å². The number of carbonyl (C=O) groups is 2. The summed E-state index contributed by atoms with van der Waals surface area (Å²) < 4.78 is 6.11. The zero-order valence-corrected chi connectivity index (χ0v) is 11.6. The molecule has 0 saturated heterocycles. The summed E-state index contributed by atoms with van der Waals surface area (Å²) in [6.45, 7) is 1.86. The minimum absolute atomic E-state index is 0.136. The molecule has 1 aromatic rings. The van der Waals surface area contributed by atoms with E-state index in [0.29, 0.717) is 24.2 Å². The second-order valence-corrected chi connectivity index (χ2v) is 5.56. The lowest BCUT2D eigenvalue weighted by Crippen LogP contribution is -2.63. The van der Waals surface area contributed by atoms with Crippen LogP contribution in [0.2, 0.25) is 0 Å². The van der Waals surface area contributed by atoms with Crippen LogP contribution in [0.1, 0.15) is 49.4 Å². The first kappa shape index (κ1) is 13.2. The molecule has 1 spiro atoms. The van der Waals surface area contributed by atoms with Gasteiger partial charge in [0.15, 0.2) is 5.72 Å². The summed E-state index contributed by atoms with van der Waals surface area (Å²) >= 11 is 0. The van der Waals surface area contributed by atoms with E-state index in [1.807, 2.05) is 19.1 Å². The molecule has 1 fully saturated rings. The van der Waals surface area contributed by atoms with Crippen LogP contribution >= 0.6 is 0 Å². The molecule has 0 radical (unpaired) electrons. The number of hydrogen-bond acceptors (Lipinski definition) is 3. The number of ether oxygens (including phenoxy) is 1. The van der Waals surface area contributed by atoms with Crippen LogP contribution in [0.15, 0.2) is 24.3 Å². The smallest absolute Gasteiger partial charge is 0.258 e. The van der Waals surface area contributed by atoms with E-state index in [0.717, 1.165) is 19.3 Å². The maximum absolute atomic E-state index is 12.3. The quantitative estimate of drug-likeness (QED) is 0.901. The number of amides is 1. The van der Waals surface area contributed by atoms with Gasteiger partial charge in [0.2, 0.25) is 0 Å². The van der Waals surface area contributed by atoms with Crippen molar-refractivity contribution in [3.63, 3.8) is 0 Å². The summed E-state index contributed by atoms with van der Waals surface area (Å²) in [5.41, 5.74) is -0.289. The Morgan fingerprint density at radius 2 is 2.20 bits per heavy atom. The highest BCUT2D eigenvalue weighted by atomic mass is 16.5. The van der Waals surface area contributed by atoms with Gasteiger partial charge in [0.05, 0.1) is 11.5 Å². The summed E-state index contributed by atoms with van der Waals surface area (Å²) in [7, 11) is 0. The molecule has 1 amide bonds. The minimum atomic E-state index is -0.837. The number of para-hydroxylation sites is 1. The van der Waals surface area contributed by atoms with Gasteiger partial charge >= 0.3 is 0 Å². The maximum Gasteiger partial charge on any atom is 0.258 e. The Bertz CT molecular complexity index is 554. The SMILES string of the molecule is CCC(=O)C1CCCCC12NC(=O)c1ccccc1O2. The lowest BCUT2D eigenvalue weighted by Gasteiger charge is -2.46. The molecule has 2 atom stereocenters. The van der Waals surface area contributed by atoms with Gasteiger partial charge in [-0.1, -0.05) is 25.5 Å². The van der Waals surface area contributed by atoms with E-state index in [4.69, 9.17) is 4.74 Å². The molecule has 0 bridgehead atoms. The molecule has 1 aromatic carbocycles. The minimum Gasteiger partial charge on any atom is -0.466 e. The second-order valence-electron chi connectivity index (χ2n) is 5.56. The van der Waals surface area contributed by atoms with Crippen molar-refractivity contribution in [3.05, 3.63) is 29.8 Å². The van der Waals surface area contributed by atoms with E-state index in [-0.39, 0.29) is 17.6 Å². The predicted molar refractivity (Wildman–Crippen MR) is 74.5 cm³/mol. The van der Waals surface area contributed by atoms with E-state index in [1.165, 1.54) is 0 Å². The van der Waals surface area contributed by atoms with Crippen molar-refractivity contribution in [3.8, 4) is 5.75 Å². The molecule has 2 unspecified atom stereocenters. The molecule has 1 N–H and O–H groups in total. The third kappa shape index (κ3) is 1.99. The van der Waals surface area contributed by atoms with Gasteiger partial charge in [0.1, 0.15) is 11.5 Å². The summed E-state index contributed by atoms with van der Waals surface area (Å²) in [4.78, 5) is 24.5. The third-order valence-electron chi connectivity index (χ3n) is 4.34. The second kappa shape index (κ2) is 4.93. The molecule has 0 aromatic heterocycles. The van der Waals surface area contributed by atoms with Crippen molar-refractivity contribution in [2.45, 2.75) is 44.8 Å². The summed E-state index contributed by atoms with van der Waals surface area (Å²) in [6.07, 6.45) is 3.95. The molecule has 1 aliphatic carbocycles. The van der Waals surface area contributed by atoms with Crippen molar-refractivity contribution in [1.29, 1.82) is 0 Å². The van der Waals surface area contributed by atoms with Crippen LogP contribution in [-0.4, -0.2) is 17.4 Å². The molecule has 1 heterocycles. The number of carbonyl (C=O) groups excluding carboxylic acids is 2. The van der Waals surface area contributed by atoms with Crippen molar-refractivity contribution >= 4 is 11.7 Å². The maximum atomic E-state index is 12.3. The standard InChI is InChI=1S/C16H19NO3/c1-2-13(18)12-8-5-6-10-16(12)17-15(19)11-7-3-4-9-14(11)20-16/h3-4,7,9,12H,2,5-6,8,10H2,1H3,(H,17,19). The first-order valence-corrected chi connectivity index (χ1v) is 7.29. The van der Waals surface area contributed by atoms with E-state index in [2.05, 4.69) is 5.32 Å². The molecule has 106 valence electrons. The molecule has 20 heavy (non-hydrogen) atoms. The normalized spacial score (nSPS) is 28.4. The number of nitrogens with one attached hydrogen (secondary N) is 1. The molecular weight excluding hydrogens is 254 g/mol. The number of benzene rings is 1. The Hall–Kier alpha value is -1.84. The highest BCUT2D eigenvalue weighted by Gasteiger charge is 2.49. The average Bonchev–Trinajstić information content (AvgIpc) is 2.47. The Balaban J connectivity index is 2.00. The lowest BCUT2D eigenvalue weighted by atomic mass is 9.77. The van der Waals surface area contributed by atoms with Crippen LogP contribution in [0.4, 0.5) is 0 Å². The molecule has 1 saturated carbocycles. The Kier molecular flexibility index (Phi) is 3.24. The van der Waals surface area contributed by atoms with Gasteiger partial charge in [0.25, 0.3) is 5.91 Å². The first-order valence-electron chi connectivity index (χ1n) is 7.29. The average molecular weight is 273 g/mol. The fraction of sp³-hybridized carbons (Fsp3) is 0.500. The Morgan fingerprint density at radius 3 is 3.00 bits per heavy atom. The van der Waals surface area contributed by atoms with Crippen LogP contribution in [0, 0.1) is 5.92 Å². The van der Waals surface area contributed by atoms with Gasteiger partial charge in [-0.25, -0.2) is 0 Å². The van der Waals surface area contributed by atoms with Gasteiger partial charge in [-0.3, -0.25) is 9.59 Å². The van der Waals surface area contributed by atoms with Crippen LogP contribution in [0.25, 0.3) is 0 Å². The van der Waals surface area contributed by atoms with Crippen LogP contribution in [0.5, 0.6) is 5.75 Å². The molecule has 2 aliphatic rings. The Morgan fingerprint density at radius 1 is 1.40 bits per heavy atom. The van der Waals surface area contributed by atoms with Gasteiger partial charge in [0, 0.05) is 12.8 Å². The number of ketones is 1. The van der Waals surface area contributed by atoms with E-state index in [1.54, 1.807) is 12.1 Å². The largest absolute Gasteiger partial charge is 0.466 e. The highest BCUT2D eigenvalue weighted by molar-refractivity contribution is 5.99. The highest BCUT2D eigenvalue weighted by Crippen LogP contribution is 2.40. The monoisotopic (exact) mass is 273 g/mol. The van der Waals surface area contributed by atoms with Crippen molar-refractivity contribution in [2.24, 2.45) is 5.92 Å². The van der Waals surface area contributed by atoms with E-state index < -0.39 is 5.72 Å². The van der Waals surface area contributed by atoms with Gasteiger partial charge < -0.3 is 10.1 Å². The fourth-order valence-corrected chi connectivity index (χ4v) is 3.31. The van der Waals surface area contributed by atoms with Gasteiger partial charge in [-0.15, -0.1) is 0 Å². The van der Waals surface area contributed by atoms with Crippen molar-refractivity contribution in [2.75, 3.05) is 0 Å². The fourth-order valence-electron chi connectivity index (χ4n) is 3.31. The first-order chi connectivity index (χ1) is 9.66. The van der Waals surface area contributed by atoms with Crippen molar-refractivity contribution < 1.29 is 14.3 Å². The summed E-state index contributed by atoms with van der Waals surface area (Å²) in [5, 5.41) is 2.97. The van der Waals surface area contributed by atoms with Gasteiger partial charge in [-0.2, -0.15) is 0 Å². The number of fused-ring (bicyclic) bond motifs is 1. The molecule has 3 rings (SSSR count). The molecular formula is C16H19NO3. The Labute approximate surface area is 118 Å². The summed E-state index contributed by atoms with van der Waals surface area (Å²) in [5.74, 6) is 0.387. The molecule has 4 nitrogen and oxygen atoms in total. The number of rotatable bonds is 2. The van der Waals surface area contributed by atoms with E-state index in [9.17, 15) is 9.59 Å². The third-order valence-corrected chi connectivity index (χ3v) is 4.34. The topological polar surface area (TPSA) is 55.4 Å². The predicted octanol–water partition coefficient (Wildman–Crippen LogP) is 2.67.